The summed E-state index contributed by atoms with van der Waals surface area (Å²) in [5.41, 5.74) is -1.47. The van der Waals surface area contributed by atoms with Crippen LogP contribution in [0.5, 0.6) is 5.75 Å². The molecule has 0 aliphatic rings. The van der Waals surface area contributed by atoms with Gasteiger partial charge >= 0.3 is 5.97 Å². The first-order valence-corrected chi connectivity index (χ1v) is 7.12. The molecule has 2 N–H and O–H groups in total. The van der Waals surface area contributed by atoms with Gasteiger partial charge in [0, 0.05) is 6.54 Å². The number of amides is 1. The molecule has 130 valence electrons. The van der Waals surface area contributed by atoms with Crippen molar-refractivity contribution in [2.75, 3.05) is 13.7 Å². The van der Waals surface area contributed by atoms with Crippen molar-refractivity contribution in [2.24, 2.45) is 5.41 Å². The third kappa shape index (κ3) is 3.47. The Balaban J connectivity index is 2.22. The van der Waals surface area contributed by atoms with Crippen molar-refractivity contribution in [3.05, 3.63) is 30.0 Å². The molecule has 1 aromatic carbocycles. The highest BCUT2D eigenvalue weighted by atomic mass is 19.3. The molecule has 1 amide bonds. The first kappa shape index (κ1) is 17.7. The number of methoxy groups -OCH3 is 1. The van der Waals surface area contributed by atoms with Crippen LogP contribution in [0.25, 0.3) is 11.0 Å². The molecule has 2 aromatic rings. The smallest absolute Gasteiger partial charge is 0.304 e. The molecule has 1 heterocycles. The summed E-state index contributed by atoms with van der Waals surface area (Å²) in [5.74, 6) is -2.07. The van der Waals surface area contributed by atoms with Crippen molar-refractivity contribution in [3.8, 4) is 5.75 Å². The van der Waals surface area contributed by atoms with Gasteiger partial charge in [-0.2, -0.15) is 0 Å². The lowest BCUT2D eigenvalue weighted by atomic mass is 9.87. The fraction of sp³-hybridized carbons (Fsp3) is 0.375. The van der Waals surface area contributed by atoms with Crippen LogP contribution in [0.3, 0.4) is 0 Å². The van der Waals surface area contributed by atoms with E-state index < -0.39 is 36.7 Å². The number of carboxylic acid groups (broad SMARTS) is 1. The van der Waals surface area contributed by atoms with Crippen molar-refractivity contribution in [2.45, 2.75) is 19.8 Å². The van der Waals surface area contributed by atoms with Gasteiger partial charge in [0.15, 0.2) is 5.75 Å². The maximum Gasteiger partial charge on any atom is 0.304 e. The SMILES string of the molecule is COc1c(C(=O)NCC(C)(CC(=O)O)C(F)F)oc2ccccc12. The summed E-state index contributed by atoms with van der Waals surface area (Å²) >= 11 is 0. The number of fused-ring (bicyclic) bond motifs is 1. The zero-order valence-corrected chi connectivity index (χ0v) is 13.1. The second-order valence-electron chi connectivity index (χ2n) is 5.67. The van der Waals surface area contributed by atoms with Crippen LogP contribution < -0.4 is 10.1 Å². The number of furan rings is 1. The topological polar surface area (TPSA) is 88.8 Å². The van der Waals surface area contributed by atoms with Crippen molar-refractivity contribution in [3.63, 3.8) is 0 Å². The van der Waals surface area contributed by atoms with Gasteiger partial charge in [0.25, 0.3) is 5.91 Å². The molecule has 8 heteroatoms. The van der Waals surface area contributed by atoms with E-state index in [4.69, 9.17) is 14.3 Å². The van der Waals surface area contributed by atoms with Crippen LogP contribution in [0.15, 0.2) is 28.7 Å². The van der Waals surface area contributed by atoms with Gasteiger partial charge in [0.1, 0.15) is 5.58 Å². The maximum absolute atomic E-state index is 13.1. The summed E-state index contributed by atoms with van der Waals surface area (Å²) in [6.07, 6.45) is -3.69. The van der Waals surface area contributed by atoms with Crippen LogP contribution in [0.4, 0.5) is 8.78 Å². The summed E-state index contributed by atoms with van der Waals surface area (Å²) < 4.78 is 36.9. The highest BCUT2D eigenvalue weighted by Gasteiger charge is 2.38. The van der Waals surface area contributed by atoms with Crippen LogP contribution >= 0.6 is 0 Å². The van der Waals surface area contributed by atoms with Gasteiger partial charge in [-0.1, -0.05) is 19.1 Å². The number of aliphatic carboxylic acids is 1. The fourth-order valence-corrected chi connectivity index (χ4v) is 2.30. The molecule has 0 saturated carbocycles. The van der Waals surface area contributed by atoms with Crippen LogP contribution in [0, 0.1) is 5.41 Å². The average Bonchev–Trinajstić information content (AvgIpc) is 2.90. The minimum Gasteiger partial charge on any atom is -0.492 e. The number of hydrogen-bond acceptors (Lipinski definition) is 4. The van der Waals surface area contributed by atoms with Crippen LogP contribution in [-0.4, -0.2) is 37.1 Å². The van der Waals surface area contributed by atoms with Crippen molar-refractivity contribution in [1.29, 1.82) is 0 Å². The van der Waals surface area contributed by atoms with E-state index in [9.17, 15) is 18.4 Å². The molecule has 0 fully saturated rings. The Labute approximate surface area is 136 Å². The van der Waals surface area contributed by atoms with Gasteiger partial charge < -0.3 is 19.6 Å². The maximum atomic E-state index is 13.1. The van der Waals surface area contributed by atoms with E-state index in [1.54, 1.807) is 24.3 Å². The molecule has 0 aliphatic heterocycles. The molecule has 0 aliphatic carbocycles. The zero-order valence-electron chi connectivity index (χ0n) is 13.1. The molecule has 2 rings (SSSR count). The number of rotatable bonds is 7. The normalized spacial score (nSPS) is 13.7. The molecular weight excluding hydrogens is 324 g/mol. The molecule has 1 atom stereocenters. The zero-order chi connectivity index (χ0) is 17.9. The molecule has 1 unspecified atom stereocenters. The van der Waals surface area contributed by atoms with Crippen LogP contribution in [-0.2, 0) is 4.79 Å². The number of para-hydroxylation sites is 1. The standard InChI is InChI=1S/C16H17F2NO5/c1-16(15(17)18,7-11(20)21)8-19-14(22)13-12(23-2)9-5-3-4-6-10(9)24-13/h3-6,15H,7-8H2,1-2H3,(H,19,22)(H,20,21). The lowest BCUT2D eigenvalue weighted by Crippen LogP contribution is -2.41. The van der Waals surface area contributed by atoms with E-state index in [0.29, 0.717) is 11.0 Å². The number of hydrogen-bond donors (Lipinski definition) is 2. The van der Waals surface area contributed by atoms with Gasteiger partial charge in [-0.3, -0.25) is 9.59 Å². The predicted octanol–water partition coefficient (Wildman–Crippen LogP) is 2.92. The summed E-state index contributed by atoms with van der Waals surface area (Å²) in [6, 6.07) is 6.79. The Hall–Kier alpha value is -2.64. The van der Waals surface area contributed by atoms with E-state index in [-0.39, 0.29) is 11.5 Å². The number of nitrogens with one attached hydrogen (secondary N) is 1. The van der Waals surface area contributed by atoms with E-state index in [1.165, 1.54) is 7.11 Å². The van der Waals surface area contributed by atoms with Crippen molar-refractivity contribution < 1.29 is 32.6 Å². The van der Waals surface area contributed by atoms with E-state index in [2.05, 4.69) is 5.32 Å². The number of halogens is 2. The fourth-order valence-electron chi connectivity index (χ4n) is 2.30. The van der Waals surface area contributed by atoms with Crippen molar-refractivity contribution >= 4 is 22.8 Å². The Bertz CT molecular complexity index is 758. The molecular formula is C16H17F2NO5. The minimum atomic E-state index is -2.91. The highest BCUT2D eigenvalue weighted by molar-refractivity contribution is 6.01. The lowest BCUT2D eigenvalue weighted by Gasteiger charge is -2.26. The Morgan fingerprint density at radius 3 is 2.62 bits per heavy atom. The first-order chi connectivity index (χ1) is 11.3. The van der Waals surface area contributed by atoms with Gasteiger partial charge in [-0.05, 0) is 12.1 Å². The number of ether oxygens (including phenoxy) is 1. The Morgan fingerprint density at radius 2 is 2.04 bits per heavy atom. The van der Waals surface area contributed by atoms with E-state index >= 15 is 0 Å². The third-order valence-electron chi connectivity index (χ3n) is 3.69. The summed E-state index contributed by atoms with van der Waals surface area (Å²) in [5, 5.41) is 11.7. The highest BCUT2D eigenvalue weighted by Crippen LogP contribution is 2.33. The second kappa shape index (κ2) is 6.86. The van der Waals surface area contributed by atoms with Crippen LogP contribution in [0.1, 0.15) is 23.9 Å². The Morgan fingerprint density at radius 1 is 1.38 bits per heavy atom. The lowest BCUT2D eigenvalue weighted by molar-refractivity contribution is -0.142. The van der Waals surface area contributed by atoms with Crippen LogP contribution in [0.2, 0.25) is 0 Å². The minimum absolute atomic E-state index is 0.148. The molecule has 1 aromatic heterocycles. The number of carbonyl (C=O) groups is 2. The van der Waals surface area contributed by atoms with Gasteiger partial charge in [-0.15, -0.1) is 0 Å². The summed E-state index contributed by atoms with van der Waals surface area (Å²) in [6.45, 7) is 0.581. The Kier molecular flexibility index (Phi) is 5.06. The number of benzene rings is 1. The molecule has 24 heavy (non-hydrogen) atoms. The van der Waals surface area contributed by atoms with Gasteiger partial charge in [-0.25, -0.2) is 8.78 Å². The molecule has 0 spiro atoms. The largest absolute Gasteiger partial charge is 0.492 e. The number of carbonyl (C=O) groups excluding carboxylic acids is 1. The van der Waals surface area contributed by atoms with E-state index in [0.717, 1.165) is 6.92 Å². The molecule has 6 nitrogen and oxygen atoms in total. The second-order valence-corrected chi connectivity index (χ2v) is 5.67. The molecule has 0 radical (unpaired) electrons. The molecule has 0 saturated heterocycles. The van der Waals surface area contributed by atoms with Crippen molar-refractivity contribution in [1.82, 2.24) is 5.32 Å². The summed E-state index contributed by atoms with van der Waals surface area (Å²) in [4.78, 5) is 23.0. The van der Waals surface area contributed by atoms with Gasteiger partial charge in [0.2, 0.25) is 12.2 Å². The third-order valence-corrected chi connectivity index (χ3v) is 3.69. The number of alkyl halides is 2. The number of carboxylic acids is 1. The van der Waals surface area contributed by atoms with Gasteiger partial charge in [0.05, 0.1) is 24.3 Å². The van der Waals surface area contributed by atoms with E-state index in [1.807, 2.05) is 0 Å². The monoisotopic (exact) mass is 341 g/mol. The predicted molar refractivity (Wildman–Crippen MR) is 81.5 cm³/mol. The quantitative estimate of drug-likeness (QED) is 0.808. The average molecular weight is 341 g/mol. The first-order valence-electron chi connectivity index (χ1n) is 7.12. The summed E-state index contributed by atoms with van der Waals surface area (Å²) in [7, 11) is 1.36. The molecule has 0 bridgehead atoms.